The Kier molecular flexibility index (Phi) is 8.22. The predicted molar refractivity (Wildman–Crippen MR) is 101 cm³/mol. The second kappa shape index (κ2) is 9.75. The number of aromatic nitrogens is 2. The van der Waals surface area contributed by atoms with E-state index >= 15 is 0 Å². The monoisotopic (exact) mass is 420 g/mol. The minimum atomic E-state index is -5.08. The van der Waals surface area contributed by atoms with Crippen LogP contribution in [-0.2, 0) is 9.59 Å². The molecule has 0 radical (unpaired) electrons. The third kappa shape index (κ3) is 7.39. The molecular weight excluding hydrogens is 393 g/mol. The first-order valence-corrected chi connectivity index (χ1v) is 9.06. The Morgan fingerprint density at radius 2 is 1.76 bits per heavy atom. The molecule has 2 rings (SSSR count). The van der Waals surface area contributed by atoms with E-state index in [0.717, 1.165) is 24.5 Å². The molecule has 1 aromatic heterocycles. The van der Waals surface area contributed by atoms with Gasteiger partial charge >= 0.3 is 18.1 Å². The van der Waals surface area contributed by atoms with Crippen molar-refractivity contribution in [2.24, 2.45) is 11.8 Å². The molecule has 1 aliphatic heterocycles. The number of anilines is 2. The zero-order valence-corrected chi connectivity index (χ0v) is 17.1. The Hall–Kier alpha value is -2.59. The zero-order chi connectivity index (χ0) is 22.5. The molecule has 164 valence electrons. The molecule has 29 heavy (non-hydrogen) atoms. The number of hydrogen-bond acceptors (Lipinski definition) is 6. The van der Waals surface area contributed by atoms with E-state index in [1.165, 1.54) is 0 Å². The molecular formula is C18H27F3N4O4. The quantitative estimate of drug-likeness (QED) is 0.766. The Bertz CT molecular complexity index is 699. The molecule has 8 nitrogen and oxygen atoms in total. The predicted octanol–water partition coefficient (Wildman–Crippen LogP) is 2.85. The summed E-state index contributed by atoms with van der Waals surface area (Å²) >= 11 is 0. The number of nitrogens with zero attached hydrogens (tertiary/aromatic N) is 4. The fourth-order valence-electron chi connectivity index (χ4n) is 2.82. The third-order valence-corrected chi connectivity index (χ3v) is 4.29. The van der Waals surface area contributed by atoms with Crippen LogP contribution in [0.3, 0.4) is 0 Å². The minimum absolute atomic E-state index is 0.304. The molecule has 0 aliphatic carbocycles. The van der Waals surface area contributed by atoms with E-state index in [4.69, 9.17) is 9.90 Å². The van der Waals surface area contributed by atoms with Crippen LogP contribution in [0.15, 0.2) is 6.07 Å². The fraction of sp³-hybridized carbons (Fsp3) is 0.667. The molecule has 0 spiro atoms. The largest absolute Gasteiger partial charge is 0.490 e. The average molecular weight is 420 g/mol. The van der Waals surface area contributed by atoms with Crippen LogP contribution in [0.1, 0.15) is 38.8 Å². The fourth-order valence-corrected chi connectivity index (χ4v) is 2.82. The number of alkyl halides is 3. The molecule has 0 aromatic carbocycles. The summed E-state index contributed by atoms with van der Waals surface area (Å²) in [6.07, 6.45) is -4.35. The standard InChI is InChI=1S/C16H26N4O2.C2HF3O2/c1-10(2)13-7-14(18-16(17-13)19(4)5)20-8-11(3)6-12(9-20)15(21)22;3-2(4,5)1(6)7/h7,10-12H,6,8-9H2,1-5H3,(H,21,22);(H,6,7). The van der Waals surface area contributed by atoms with Crippen LogP contribution >= 0.6 is 0 Å². The number of halogens is 3. The molecule has 2 N–H and O–H groups in total. The highest BCUT2D eigenvalue weighted by atomic mass is 19.4. The first kappa shape index (κ1) is 24.4. The van der Waals surface area contributed by atoms with Gasteiger partial charge in [0.05, 0.1) is 11.6 Å². The zero-order valence-electron chi connectivity index (χ0n) is 17.1. The van der Waals surface area contributed by atoms with Gasteiger partial charge in [0.1, 0.15) is 5.82 Å². The Morgan fingerprint density at radius 3 is 2.17 bits per heavy atom. The molecule has 1 aromatic rings. The SMILES string of the molecule is CC1CC(C(=O)O)CN(c2cc(C(C)C)nc(N(C)C)n2)C1.O=C(O)C(F)(F)F. The van der Waals surface area contributed by atoms with E-state index in [0.29, 0.717) is 24.3 Å². The topological polar surface area (TPSA) is 107 Å². The van der Waals surface area contributed by atoms with Crippen molar-refractivity contribution in [3.05, 3.63) is 11.8 Å². The number of hydrogen-bond donors (Lipinski definition) is 2. The summed E-state index contributed by atoms with van der Waals surface area (Å²) in [5.41, 5.74) is 0.985. The summed E-state index contributed by atoms with van der Waals surface area (Å²) in [7, 11) is 3.84. The normalized spacial score (nSPS) is 19.4. The second-order valence-corrected chi connectivity index (χ2v) is 7.58. The number of piperidine rings is 1. The first-order chi connectivity index (χ1) is 13.2. The molecule has 2 heterocycles. The van der Waals surface area contributed by atoms with Crippen molar-refractivity contribution in [3.63, 3.8) is 0 Å². The highest BCUT2D eigenvalue weighted by Gasteiger charge is 2.38. The van der Waals surface area contributed by atoms with Gasteiger partial charge < -0.3 is 20.0 Å². The molecule has 0 bridgehead atoms. The van der Waals surface area contributed by atoms with Crippen molar-refractivity contribution in [2.45, 2.75) is 39.3 Å². The average Bonchev–Trinajstić information content (AvgIpc) is 2.60. The van der Waals surface area contributed by atoms with Gasteiger partial charge in [-0.3, -0.25) is 4.79 Å². The van der Waals surface area contributed by atoms with Gasteiger partial charge in [-0.25, -0.2) is 9.78 Å². The Morgan fingerprint density at radius 1 is 1.21 bits per heavy atom. The molecule has 2 unspecified atom stereocenters. The van der Waals surface area contributed by atoms with Crippen molar-refractivity contribution in [2.75, 3.05) is 37.0 Å². The lowest BCUT2D eigenvalue weighted by Crippen LogP contribution is -2.43. The third-order valence-electron chi connectivity index (χ3n) is 4.29. The summed E-state index contributed by atoms with van der Waals surface area (Å²) in [5.74, 6) is -1.65. The lowest BCUT2D eigenvalue weighted by Gasteiger charge is -2.36. The van der Waals surface area contributed by atoms with Gasteiger partial charge in [0.15, 0.2) is 0 Å². The maximum Gasteiger partial charge on any atom is 0.490 e. The van der Waals surface area contributed by atoms with Crippen molar-refractivity contribution >= 4 is 23.7 Å². The smallest absolute Gasteiger partial charge is 0.481 e. The molecule has 0 amide bonds. The molecule has 1 saturated heterocycles. The number of carboxylic acid groups (broad SMARTS) is 2. The Balaban J connectivity index is 0.000000516. The van der Waals surface area contributed by atoms with Gasteiger partial charge in [0.25, 0.3) is 0 Å². The van der Waals surface area contributed by atoms with E-state index in [1.807, 2.05) is 25.1 Å². The van der Waals surface area contributed by atoms with Crippen molar-refractivity contribution < 1.29 is 33.0 Å². The van der Waals surface area contributed by atoms with E-state index in [9.17, 15) is 23.1 Å². The second-order valence-electron chi connectivity index (χ2n) is 7.58. The van der Waals surface area contributed by atoms with Crippen molar-refractivity contribution in [1.82, 2.24) is 9.97 Å². The van der Waals surface area contributed by atoms with Crippen LogP contribution < -0.4 is 9.80 Å². The van der Waals surface area contributed by atoms with Gasteiger partial charge in [-0.1, -0.05) is 20.8 Å². The lowest BCUT2D eigenvalue weighted by atomic mass is 9.90. The summed E-state index contributed by atoms with van der Waals surface area (Å²) in [6, 6.07) is 1.99. The highest BCUT2D eigenvalue weighted by molar-refractivity contribution is 5.73. The van der Waals surface area contributed by atoms with Crippen LogP contribution in [0.25, 0.3) is 0 Å². The van der Waals surface area contributed by atoms with Crippen LogP contribution in [0.4, 0.5) is 24.9 Å². The lowest BCUT2D eigenvalue weighted by molar-refractivity contribution is -0.192. The van der Waals surface area contributed by atoms with E-state index < -0.39 is 18.1 Å². The van der Waals surface area contributed by atoms with Crippen LogP contribution in [0, 0.1) is 11.8 Å². The summed E-state index contributed by atoms with van der Waals surface area (Å²) in [6.45, 7) is 7.65. The molecule has 2 atom stereocenters. The number of aliphatic carboxylic acids is 2. The molecule has 11 heteroatoms. The summed E-state index contributed by atoms with van der Waals surface area (Å²) in [4.78, 5) is 33.4. The maximum atomic E-state index is 11.4. The van der Waals surface area contributed by atoms with Crippen molar-refractivity contribution in [3.8, 4) is 0 Å². The van der Waals surface area contributed by atoms with E-state index in [-0.39, 0.29) is 5.92 Å². The number of carboxylic acids is 2. The van der Waals surface area contributed by atoms with Gasteiger partial charge in [-0.2, -0.15) is 18.2 Å². The minimum Gasteiger partial charge on any atom is -0.481 e. The van der Waals surface area contributed by atoms with E-state index in [2.05, 4.69) is 35.6 Å². The molecule has 1 aliphatic rings. The highest BCUT2D eigenvalue weighted by Crippen LogP contribution is 2.28. The van der Waals surface area contributed by atoms with Gasteiger partial charge in [-0.15, -0.1) is 0 Å². The van der Waals surface area contributed by atoms with Crippen LogP contribution in [0.5, 0.6) is 0 Å². The number of rotatable bonds is 4. The van der Waals surface area contributed by atoms with Gasteiger partial charge in [0, 0.05) is 33.3 Å². The number of carbonyl (C=O) groups is 2. The summed E-state index contributed by atoms with van der Waals surface area (Å²) < 4.78 is 31.7. The van der Waals surface area contributed by atoms with Gasteiger partial charge in [-0.05, 0) is 18.3 Å². The molecule has 0 saturated carbocycles. The van der Waals surface area contributed by atoms with Gasteiger partial charge in [0.2, 0.25) is 5.95 Å². The van der Waals surface area contributed by atoms with Crippen LogP contribution in [0.2, 0.25) is 0 Å². The summed E-state index contributed by atoms with van der Waals surface area (Å²) in [5, 5.41) is 16.5. The first-order valence-electron chi connectivity index (χ1n) is 9.06. The maximum absolute atomic E-state index is 11.4. The van der Waals surface area contributed by atoms with E-state index in [1.54, 1.807) is 0 Å². The Labute approximate surface area is 167 Å². The molecule has 1 fully saturated rings. The van der Waals surface area contributed by atoms with Crippen molar-refractivity contribution in [1.29, 1.82) is 0 Å². The van der Waals surface area contributed by atoms with Crippen LogP contribution in [-0.4, -0.2) is 65.5 Å².